The van der Waals surface area contributed by atoms with Crippen LogP contribution in [0.2, 0.25) is 0 Å². The van der Waals surface area contributed by atoms with Crippen molar-refractivity contribution in [1.82, 2.24) is 10.0 Å². The van der Waals surface area contributed by atoms with Crippen LogP contribution in [0.3, 0.4) is 0 Å². The molecule has 1 aromatic heterocycles. The number of nitrogens with zero attached hydrogens (tertiary/aromatic N) is 2. The molecule has 1 aliphatic rings. The van der Waals surface area contributed by atoms with Gasteiger partial charge in [-0.15, -0.1) is 11.8 Å². The lowest BCUT2D eigenvalue weighted by Gasteiger charge is -2.22. The second-order valence-corrected chi connectivity index (χ2v) is 7.24. The summed E-state index contributed by atoms with van der Waals surface area (Å²) in [5, 5.41) is 12.1. The van der Waals surface area contributed by atoms with Crippen molar-refractivity contribution >= 4 is 35.2 Å². The van der Waals surface area contributed by atoms with Crippen molar-refractivity contribution in [3.8, 4) is 0 Å². The highest BCUT2D eigenvalue weighted by molar-refractivity contribution is 8.01. The third-order valence-electron chi connectivity index (χ3n) is 3.96. The number of nitrogens with one attached hydrogen (secondary N) is 1. The van der Waals surface area contributed by atoms with Crippen LogP contribution >= 0.6 is 11.8 Å². The molecule has 2 N–H and O–H groups in total. The van der Waals surface area contributed by atoms with Crippen LogP contribution in [-0.4, -0.2) is 51.8 Å². The van der Waals surface area contributed by atoms with Crippen LogP contribution < -0.4 is 5.32 Å². The standard InChI is InChI=1S/C10H14N2O2.C10H9NO3S/c1-3-12(14-2)10(13)8-9-4-6-11-7-5-9;12-9(13)5-8-10(14)11-6-3-1-2-4-7(6)15-8/h4-7H,3,8H2,1-2H3;1-4,8H,5H2,(H,11,14)(H,12,13). The predicted octanol–water partition coefficient (Wildman–Crippen LogP) is 2.61. The average molecular weight is 417 g/mol. The summed E-state index contributed by atoms with van der Waals surface area (Å²) in [7, 11) is 1.49. The molecule has 0 spiro atoms. The molecule has 0 fully saturated rings. The molecule has 0 radical (unpaired) electrons. The Hall–Kier alpha value is -2.91. The van der Waals surface area contributed by atoms with E-state index in [0.29, 0.717) is 13.0 Å². The SMILES string of the molecule is CCN(OC)C(=O)Cc1ccncc1.O=C(O)CC1Sc2ccccc2NC1=O. The highest BCUT2D eigenvalue weighted by Crippen LogP contribution is 2.36. The molecule has 9 heteroatoms. The zero-order valence-corrected chi connectivity index (χ0v) is 17.0. The molecule has 2 heterocycles. The Kier molecular flexibility index (Phi) is 8.63. The molecule has 154 valence electrons. The fraction of sp³-hybridized carbons (Fsp3) is 0.300. The van der Waals surface area contributed by atoms with E-state index in [9.17, 15) is 14.4 Å². The van der Waals surface area contributed by atoms with Gasteiger partial charge in [0.25, 0.3) is 5.91 Å². The molecule has 2 aromatic rings. The number of para-hydroxylation sites is 1. The second kappa shape index (κ2) is 11.2. The van der Waals surface area contributed by atoms with Gasteiger partial charge in [-0.05, 0) is 36.8 Å². The third kappa shape index (κ3) is 6.88. The van der Waals surface area contributed by atoms with Crippen LogP contribution in [0.5, 0.6) is 0 Å². The molecule has 0 saturated heterocycles. The van der Waals surface area contributed by atoms with Gasteiger partial charge in [0.05, 0.1) is 30.9 Å². The van der Waals surface area contributed by atoms with E-state index >= 15 is 0 Å². The monoisotopic (exact) mass is 417 g/mol. The third-order valence-corrected chi connectivity index (χ3v) is 5.23. The van der Waals surface area contributed by atoms with Gasteiger partial charge in [0.1, 0.15) is 0 Å². The number of anilines is 1. The van der Waals surface area contributed by atoms with Gasteiger partial charge < -0.3 is 10.4 Å². The Balaban J connectivity index is 0.000000208. The van der Waals surface area contributed by atoms with Gasteiger partial charge >= 0.3 is 5.97 Å². The first-order chi connectivity index (χ1) is 13.9. The molecule has 0 aliphatic carbocycles. The molecule has 8 nitrogen and oxygen atoms in total. The molecule has 2 amide bonds. The van der Waals surface area contributed by atoms with E-state index in [0.717, 1.165) is 16.1 Å². The molecule has 1 aromatic carbocycles. The van der Waals surface area contributed by atoms with Crippen LogP contribution in [0.1, 0.15) is 18.9 Å². The molecule has 1 atom stereocenters. The molecule has 1 unspecified atom stereocenters. The topological polar surface area (TPSA) is 109 Å². The number of benzene rings is 1. The number of aliphatic carboxylic acids is 1. The van der Waals surface area contributed by atoms with Gasteiger partial charge in [0.15, 0.2) is 0 Å². The number of pyridine rings is 1. The normalized spacial score (nSPS) is 14.7. The Morgan fingerprint density at radius 1 is 1.24 bits per heavy atom. The summed E-state index contributed by atoms with van der Waals surface area (Å²) in [4.78, 5) is 43.3. The molecule has 0 bridgehead atoms. The predicted molar refractivity (Wildman–Crippen MR) is 109 cm³/mol. The lowest BCUT2D eigenvalue weighted by molar-refractivity contribution is -0.174. The first kappa shape index (κ1) is 22.4. The molecular formula is C20H23N3O5S. The highest BCUT2D eigenvalue weighted by Gasteiger charge is 2.28. The minimum Gasteiger partial charge on any atom is -0.481 e. The smallest absolute Gasteiger partial charge is 0.305 e. The van der Waals surface area contributed by atoms with Crippen LogP contribution in [0.25, 0.3) is 0 Å². The molecule has 3 rings (SSSR count). The number of amides is 2. The van der Waals surface area contributed by atoms with E-state index < -0.39 is 11.2 Å². The van der Waals surface area contributed by atoms with E-state index in [1.165, 1.54) is 23.9 Å². The number of aromatic nitrogens is 1. The van der Waals surface area contributed by atoms with E-state index in [2.05, 4.69) is 10.3 Å². The van der Waals surface area contributed by atoms with Gasteiger partial charge in [-0.3, -0.25) is 24.2 Å². The minimum absolute atomic E-state index is 0.0406. The highest BCUT2D eigenvalue weighted by atomic mass is 32.2. The van der Waals surface area contributed by atoms with Crippen LogP contribution in [0.4, 0.5) is 5.69 Å². The number of likely N-dealkylation sites (N-methyl/N-ethyl adjacent to an activating group) is 1. The molecule has 0 saturated carbocycles. The Bertz CT molecular complexity index is 843. The number of carboxylic acid groups (broad SMARTS) is 1. The largest absolute Gasteiger partial charge is 0.481 e. The van der Waals surface area contributed by atoms with Gasteiger partial charge in [0.2, 0.25) is 5.91 Å². The van der Waals surface area contributed by atoms with Crippen LogP contribution in [0, 0.1) is 0 Å². The first-order valence-electron chi connectivity index (χ1n) is 8.96. The maximum absolute atomic E-state index is 11.6. The van der Waals surface area contributed by atoms with E-state index in [1.54, 1.807) is 18.5 Å². The van der Waals surface area contributed by atoms with Crippen LogP contribution in [-0.2, 0) is 25.6 Å². The summed E-state index contributed by atoms with van der Waals surface area (Å²) >= 11 is 1.30. The number of carbonyl (C=O) groups excluding carboxylic acids is 2. The number of rotatable bonds is 6. The Morgan fingerprint density at radius 2 is 1.93 bits per heavy atom. The summed E-state index contributed by atoms with van der Waals surface area (Å²) in [5.41, 5.74) is 1.70. The number of carboxylic acids is 1. The lowest BCUT2D eigenvalue weighted by atomic mass is 10.2. The summed E-state index contributed by atoms with van der Waals surface area (Å²) in [6.45, 7) is 2.42. The number of thioether (sulfide) groups is 1. The van der Waals surface area contributed by atoms with Crippen molar-refractivity contribution in [3.63, 3.8) is 0 Å². The Labute approximate surface area is 173 Å². The summed E-state index contributed by atoms with van der Waals surface area (Å²) < 4.78 is 0. The average Bonchev–Trinajstić information content (AvgIpc) is 2.70. The summed E-state index contributed by atoms with van der Waals surface area (Å²) in [6.07, 6.45) is 3.55. The maximum Gasteiger partial charge on any atom is 0.305 e. The van der Waals surface area contributed by atoms with Gasteiger partial charge in [0, 0.05) is 23.8 Å². The number of hydrogen-bond acceptors (Lipinski definition) is 6. The van der Waals surface area contributed by atoms with E-state index in [1.807, 2.05) is 37.3 Å². The summed E-state index contributed by atoms with van der Waals surface area (Å²) in [6, 6.07) is 11.0. The van der Waals surface area contributed by atoms with Crippen molar-refractivity contribution in [3.05, 3.63) is 54.4 Å². The lowest BCUT2D eigenvalue weighted by Crippen LogP contribution is -2.30. The maximum atomic E-state index is 11.6. The molecule has 29 heavy (non-hydrogen) atoms. The number of hydroxylamine groups is 2. The Morgan fingerprint density at radius 3 is 2.55 bits per heavy atom. The van der Waals surface area contributed by atoms with E-state index in [-0.39, 0.29) is 18.2 Å². The van der Waals surface area contributed by atoms with Crippen molar-refractivity contribution < 1.29 is 24.3 Å². The second-order valence-electron chi connectivity index (χ2n) is 5.99. The minimum atomic E-state index is -0.956. The zero-order chi connectivity index (χ0) is 21.2. The van der Waals surface area contributed by atoms with E-state index in [4.69, 9.17) is 9.94 Å². The molecular weight excluding hydrogens is 394 g/mol. The fourth-order valence-electron chi connectivity index (χ4n) is 2.56. The summed E-state index contributed by atoms with van der Waals surface area (Å²) in [5.74, 6) is -1.23. The quantitative estimate of drug-likeness (QED) is 0.696. The van der Waals surface area contributed by atoms with Crippen molar-refractivity contribution in [2.75, 3.05) is 19.0 Å². The number of fused-ring (bicyclic) bond motifs is 1. The van der Waals surface area contributed by atoms with Crippen molar-refractivity contribution in [2.45, 2.75) is 29.9 Å². The van der Waals surface area contributed by atoms with Crippen molar-refractivity contribution in [1.29, 1.82) is 0 Å². The molecule has 1 aliphatic heterocycles. The number of carbonyl (C=O) groups is 3. The zero-order valence-electron chi connectivity index (χ0n) is 16.2. The van der Waals surface area contributed by atoms with Crippen molar-refractivity contribution in [2.24, 2.45) is 0 Å². The van der Waals surface area contributed by atoms with Gasteiger partial charge in [-0.2, -0.15) is 0 Å². The first-order valence-corrected chi connectivity index (χ1v) is 9.84. The van der Waals surface area contributed by atoms with Gasteiger partial charge in [-0.1, -0.05) is 12.1 Å². The fourth-order valence-corrected chi connectivity index (χ4v) is 3.66. The number of hydrogen-bond donors (Lipinski definition) is 2. The van der Waals surface area contributed by atoms with Gasteiger partial charge in [-0.25, -0.2) is 5.06 Å². The van der Waals surface area contributed by atoms with Crippen LogP contribution in [0.15, 0.2) is 53.7 Å².